The van der Waals surface area contributed by atoms with Crippen LogP contribution in [0.2, 0.25) is 0 Å². The lowest BCUT2D eigenvalue weighted by atomic mass is 10.1. The molecule has 1 amide bonds. The van der Waals surface area contributed by atoms with Gasteiger partial charge in [-0.2, -0.15) is 0 Å². The number of para-hydroxylation sites is 1. The zero-order valence-electron chi connectivity index (χ0n) is 9.59. The number of rotatable bonds is 2. The zero-order valence-corrected chi connectivity index (χ0v) is 9.59. The molecule has 0 atom stereocenters. The molecule has 0 aliphatic carbocycles. The third kappa shape index (κ3) is 1.86. The van der Waals surface area contributed by atoms with Gasteiger partial charge in [0.05, 0.1) is 6.26 Å². The topological polar surface area (TPSA) is 42.2 Å². The van der Waals surface area contributed by atoms with E-state index < -0.39 is 0 Å². The van der Waals surface area contributed by atoms with Crippen molar-refractivity contribution in [2.75, 3.05) is 5.32 Å². The van der Waals surface area contributed by atoms with E-state index in [0.29, 0.717) is 5.57 Å². The average molecular weight is 237 g/mol. The normalized spacial score (nSPS) is 16.2. The summed E-state index contributed by atoms with van der Waals surface area (Å²) in [6, 6.07) is 11.3. The Morgan fingerprint density at radius 2 is 2.00 bits per heavy atom. The number of carbonyl (C=O) groups excluding carboxylic acids is 1. The van der Waals surface area contributed by atoms with Crippen LogP contribution in [0.3, 0.4) is 0 Å². The molecule has 1 N–H and O–H groups in total. The van der Waals surface area contributed by atoms with Gasteiger partial charge in [-0.3, -0.25) is 4.79 Å². The molecule has 3 rings (SSSR count). The van der Waals surface area contributed by atoms with Crippen LogP contribution in [-0.4, -0.2) is 5.91 Å². The predicted molar refractivity (Wildman–Crippen MR) is 70.8 cm³/mol. The van der Waals surface area contributed by atoms with Crippen molar-refractivity contribution in [2.45, 2.75) is 0 Å². The Labute approximate surface area is 104 Å². The van der Waals surface area contributed by atoms with E-state index >= 15 is 0 Å². The van der Waals surface area contributed by atoms with Crippen LogP contribution in [0, 0.1) is 0 Å². The molecule has 1 aliphatic rings. The molecular formula is C15H11NO2. The van der Waals surface area contributed by atoms with Crippen molar-refractivity contribution < 1.29 is 9.21 Å². The molecule has 1 aliphatic heterocycles. The Hall–Kier alpha value is -2.55. The minimum Gasteiger partial charge on any atom is -0.465 e. The summed E-state index contributed by atoms with van der Waals surface area (Å²) in [7, 11) is 0. The van der Waals surface area contributed by atoms with Crippen LogP contribution in [0.5, 0.6) is 0 Å². The van der Waals surface area contributed by atoms with E-state index in [9.17, 15) is 4.79 Å². The van der Waals surface area contributed by atoms with Gasteiger partial charge in [0, 0.05) is 16.8 Å². The van der Waals surface area contributed by atoms with Gasteiger partial charge in [0.1, 0.15) is 5.76 Å². The van der Waals surface area contributed by atoms with Crippen molar-refractivity contribution in [2.24, 2.45) is 0 Å². The second kappa shape index (κ2) is 4.37. The lowest BCUT2D eigenvalue weighted by Gasteiger charge is -1.94. The number of hydrogen-bond donors (Lipinski definition) is 1. The molecule has 3 nitrogen and oxygen atoms in total. The number of furan rings is 1. The molecule has 0 unspecified atom stereocenters. The summed E-state index contributed by atoms with van der Waals surface area (Å²) in [6.45, 7) is 0. The molecule has 2 aromatic rings. The average Bonchev–Trinajstić information content (AvgIpc) is 2.98. The lowest BCUT2D eigenvalue weighted by Crippen LogP contribution is -2.03. The molecule has 0 fully saturated rings. The molecule has 88 valence electrons. The highest BCUT2D eigenvalue weighted by Crippen LogP contribution is 2.31. The fraction of sp³-hybridized carbons (Fsp3) is 0. The maximum absolute atomic E-state index is 11.8. The number of nitrogens with one attached hydrogen (secondary N) is 1. The number of benzene rings is 1. The van der Waals surface area contributed by atoms with E-state index in [1.54, 1.807) is 12.3 Å². The SMILES string of the molecule is O=C1Nc2ccccc2C1=CC=Cc1ccco1. The number of fused-ring (bicyclic) bond motifs is 1. The molecule has 0 saturated carbocycles. The number of amides is 1. The van der Waals surface area contributed by atoms with Crippen LogP contribution in [-0.2, 0) is 4.79 Å². The molecule has 18 heavy (non-hydrogen) atoms. The Morgan fingerprint density at radius 3 is 2.83 bits per heavy atom. The molecule has 2 heterocycles. The monoisotopic (exact) mass is 237 g/mol. The molecule has 1 aromatic heterocycles. The largest absolute Gasteiger partial charge is 0.465 e. The maximum Gasteiger partial charge on any atom is 0.256 e. The summed E-state index contributed by atoms with van der Waals surface area (Å²) >= 11 is 0. The van der Waals surface area contributed by atoms with Crippen molar-refractivity contribution in [3.8, 4) is 0 Å². The van der Waals surface area contributed by atoms with Gasteiger partial charge in [-0.15, -0.1) is 0 Å². The second-order valence-electron chi connectivity index (χ2n) is 3.95. The number of hydrogen-bond acceptors (Lipinski definition) is 2. The van der Waals surface area contributed by atoms with Crippen LogP contribution in [0.4, 0.5) is 5.69 Å². The Bertz CT molecular complexity index is 636. The second-order valence-corrected chi connectivity index (χ2v) is 3.95. The smallest absolute Gasteiger partial charge is 0.256 e. The summed E-state index contributed by atoms with van der Waals surface area (Å²) in [5.74, 6) is 0.693. The van der Waals surface area contributed by atoms with E-state index in [1.165, 1.54) is 0 Å². The predicted octanol–water partition coefficient (Wildman–Crippen LogP) is 3.33. The number of allylic oxidation sites excluding steroid dienone is 2. The van der Waals surface area contributed by atoms with Crippen LogP contribution in [0.1, 0.15) is 11.3 Å². The minimum atomic E-state index is -0.0692. The van der Waals surface area contributed by atoms with Gasteiger partial charge >= 0.3 is 0 Å². The minimum absolute atomic E-state index is 0.0692. The highest BCUT2D eigenvalue weighted by molar-refractivity contribution is 6.31. The Kier molecular flexibility index (Phi) is 2.57. The summed E-state index contributed by atoms with van der Waals surface area (Å²) in [6.07, 6.45) is 7.05. The van der Waals surface area contributed by atoms with Crippen LogP contribution >= 0.6 is 0 Å². The van der Waals surface area contributed by atoms with E-state index in [1.807, 2.05) is 48.6 Å². The quantitative estimate of drug-likeness (QED) is 0.814. The van der Waals surface area contributed by atoms with E-state index in [-0.39, 0.29) is 5.91 Å². The van der Waals surface area contributed by atoms with Crippen molar-refractivity contribution in [3.05, 3.63) is 66.1 Å². The first-order valence-corrected chi connectivity index (χ1v) is 5.67. The van der Waals surface area contributed by atoms with E-state index in [4.69, 9.17) is 4.42 Å². The van der Waals surface area contributed by atoms with Crippen LogP contribution in [0.25, 0.3) is 11.6 Å². The third-order valence-corrected chi connectivity index (χ3v) is 2.78. The molecule has 0 bridgehead atoms. The molecule has 0 spiro atoms. The van der Waals surface area contributed by atoms with Gasteiger partial charge in [0.2, 0.25) is 0 Å². The van der Waals surface area contributed by atoms with Gasteiger partial charge < -0.3 is 9.73 Å². The standard InChI is InChI=1S/C15H11NO2/c17-15-13(8-3-5-11-6-4-10-18-11)12-7-1-2-9-14(12)16-15/h1-10H,(H,16,17). The fourth-order valence-corrected chi connectivity index (χ4v) is 1.93. The number of carbonyl (C=O) groups is 1. The van der Waals surface area contributed by atoms with Gasteiger partial charge in [-0.25, -0.2) is 0 Å². The van der Waals surface area contributed by atoms with E-state index in [2.05, 4.69) is 5.32 Å². The van der Waals surface area contributed by atoms with Gasteiger partial charge in [-0.05, 0) is 30.4 Å². The Morgan fingerprint density at radius 1 is 1.11 bits per heavy atom. The first-order valence-electron chi connectivity index (χ1n) is 5.67. The highest BCUT2D eigenvalue weighted by atomic mass is 16.3. The molecule has 3 heteroatoms. The van der Waals surface area contributed by atoms with Gasteiger partial charge in [0.25, 0.3) is 5.91 Å². The number of anilines is 1. The highest BCUT2D eigenvalue weighted by Gasteiger charge is 2.22. The third-order valence-electron chi connectivity index (χ3n) is 2.78. The first-order chi connectivity index (χ1) is 8.84. The summed E-state index contributed by atoms with van der Waals surface area (Å²) in [5.41, 5.74) is 2.47. The molecular weight excluding hydrogens is 226 g/mol. The van der Waals surface area contributed by atoms with Crippen molar-refractivity contribution in [1.82, 2.24) is 0 Å². The fourth-order valence-electron chi connectivity index (χ4n) is 1.93. The lowest BCUT2D eigenvalue weighted by molar-refractivity contribution is -0.110. The van der Waals surface area contributed by atoms with Crippen molar-refractivity contribution in [3.63, 3.8) is 0 Å². The molecule has 0 radical (unpaired) electrons. The van der Waals surface area contributed by atoms with Crippen molar-refractivity contribution in [1.29, 1.82) is 0 Å². The summed E-state index contributed by atoms with van der Waals surface area (Å²) in [5, 5.41) is 2.83. The van der Waals surface area contributed by atoms with E-state index in [0.717, 1.165) is 17.0 Å². The molecule has 0 saturated heterocycles. The molecule has 1 aromatic carbocycles. The van der Waals surface area contributed by atoms with Gasteiger partial charge in [-0.1, -0.05) is 24.3 Å². The zero-order chi connectivity index (χ0) is 12.4. The maximum atomic E-state index is 11.8. The first kappa shape index (κ1) is 10.6. The van der Waals surface area contributed by atoms with Crippen LogP contribution < -0.4 is 5.32 Å². The van der Waals surface area contributed by atoms with Crippen LogP contribution in [0.15, 0.2) is 59.2 Å². The van der Waals surface area contributed by atoms with Gasteiger partial charge in [0.15, 0.2) is 0 Å². The summed E-state index contributed by atoms with van der Waals surface area (Å²) < 4.78 is 5.18. The van der Waals surface area contributed by atoms with Crippen molar-refractivity contribution >= 4 is 23.2 Å². The summed E-state index contributed by atoms with van der Waals surface area (Å²) in [4.78, 5) is 11.8. The Balaban J connectivity index is 1.90.